The van der Waals surface area contributed by atoms with E-state index in [0.717, 1.165) is 35.6 Å². The highest BCUT2D eigenvalue weighted by molar-refractivity contribution is 5.46. The first-order valence-electron chi connectivity index (χ1n) is 8.61. The van der Waals surface area contributed by atoms with Crippen LogP contribution in [0.2, 0.25) is 0 Å². The van der Waals surface area contributed by atoms with Gasteiger partial charge in [0.05, 0.1) is 19.4 Å². The minimum Gasteiger partial charge on any atom is -0.493 e. The van der Waals surface area contributed by atoms with Crippen molar-refractivity contribution in [1.29, 1.82) is 0 Å². The number of pyridine rings is 1. The molecule has 2 rings (SSSR count). The van der Waals surface area contributed by atoms with Crippen molar-refractivity contribution >= 4 is 0 Å². The molecule has 1 aromatic carbocycles. The molecule has 0 saturated carbocycles. The summed E-state index contributed by atoms with van der Waals surface area (Å²) in [5.74, 6) is 1.62. The number of nitrogens with one attached hydrogen (secondary N) is 1. The van der Waals surface area contributed by atoms with Crippen LogP contribution >= 0.6 is 0 Å². The molecule has 4 nitrogen and oxygen atoms in total. The maximum atomic E-state index is 5.98. The molecular weight excluding hydrogens is 300 g/mol. The molecule has 130 valence electrons. The molecule has 1 heterocycles. The van der Waals surface area contributed by atoms with Crippen LogP contribution in [-0.4, -0.2) is 18.7 Å². The van der Waals surface area contributed by atoms with Crippen LogP contribution < -0.4 is 14.8 Å². The van der Waals surface area contributed by atoms with Gasteiger partial charge in [-0.2, -0.15) is 0 Å². The third-order valence-electron chi connectivity index (χ3n) is 4.08. The molecule has 0 aliphatic heterocycles. The predicted molar refractivity (Wildman–Crippen MR) is 97.6 cm³/mol. The molecule has 0 spiro atoms. The number of aromatic nitrogens is 1. The van der Waals surface area contributed by atoms with E-state index in [0.29, 0.717) is 13.2 Å². The Kier molecular flexibility index (Phi) is 7.07. The minimum atomic E-state index is 0.167. The monoisotopic (exact) mass is 328 g/mol. The van der Waals surface area contributed by atoms with Crippen LogP contribution in [0.15, 0.2) is 36.5 Å². The SMILES string of the molecule is CCCCOc1c(CNC(C)c2ncccc2C)cccc1OC. The number of para-hydroxylation sites is 1. The smallest absolute Gasteiger partial charge is 0.165 e. The fourth-order valence-electron chi connectivity index (χ4n) is 2.65. The fourth-order valence-corrected chi connectivity index (χ4v) is 2.65. The zero-order valence-electron chi connectivity index (χ0n) is 15.1. The van der Waals surface area contributed by atoms with Crippen LogP contribution in [-0.2, 0) is 6.54 Å². The van der Waals surface area contributed by atoms with Crippen molar-refractivity contribution in [1.82, 2.24) is 10.3 Å². The van der Waals surface area contributed by atoms with E-state index in [1.54, 1.807) is 7.11 Å². The number of ether oxygens (including phenoxy) is 2. The maximum Gasteiger partial charge on any atom is 0.165 e. The minimum absolute atomic E-state index is 0.167. The molecule has 4 heteroatoms. The third-order valence-corrected chi connectivity index (χ3v) is 4.08. The molecule has 0 radical (unpaired) electrons. The lowest BCUT2D eigenvalue weighted by atomic mass is 10.1. The Morgan fingerprint density at radius 2 is 2.04 bits per heavy atom. The van der Waals surface area contributed by atoms with Gasteiger partial charge >= 0.3 is 0 Å². The molecule has 1 N–H and O–H groups in total. The first-order chi connectivity index (χ1) is 11.7. The van der Waals surface area contributed by atoms with Crippen molar-refractivity contribution in [3.8, 4) is 11.5 Å². The van der Waals surface area contributed by atoms with Gasteiger partial charge in [0.2, 0.25) is 0 Å². The molecule has 0 aliphatic rings. The lowest BCUT2D eigenvalue weighted by molar-refractivity contribution is 0.284. The molecule has 1 aromatic heterocycles. The van der Waals surface area contributed by atoms with E-state index < -0.39 is 0 Å². The van der Waals surface area contributed by atoms with Crippen molar-refractivity contribution in [3.63, 3.8) is 0 Å². The molecule has 2 aromatic rings. The average molecular weight is 328 g/mol. The van der Waals surface area contributed by atoms with Crippen LogP contribution in [0.5, 0.6) is 11.5 Å². The number of hydrogen-bond acceptors (Lipinski definition) is 4. The Bertz CT molecular complexity index is 643. The van der Waals surface area contributed by atoms with Gasteiger partial charge in [-0.05, 0) is 38.0 Å². The first-order valence-corrected chi connectivity index (χ1v) is 8.61. The van der Waals surface area contributed by atoms with Crippen LogP contribution in [0.25, 0.3) is 0 Å². The molecule has 0 saturated heterocycles. The largest absolute Gasteiger partial charge is 0.493 e. The second kappa shape index (κ2) is 9.28. The molecule has 1 unspecified atom stereocenters. The highest BCUT2D eigenvalue weighted by Crippen LogP contribution is 2.31. The Morgan fingerprint density at radius 1 is 1.21 bits per heavy atom. The van der Waals surface area contributed by atoms with E-state index in [2.05, 4.69) is 43.2 Å². The van der Waals surface area contributed by atoms with Crippen LogP contribution in [0, 0.1) is 6.92 Å². The Hall–Kier alpha value is -2.07. The van der Waals surface area contributed by atoms with Crippen LogP contribution in [0.3, 0.4) is 0 Å². The van der Waals surface area contributed by atoms with E-state index in [4.69, 9.17) is 9.47 Å². The number of unbranched alkanes of at least 4 members (excludes halogenated alkanes) is 1. The van der Waals surface area contributed by atoms with Gasteiger partial charge in [0, 0.05) is 24.3 Å². The lowest BCUT2D eigenvalue weighted by Gasteiger charge is -2.18. The van der Waals surface area contributed by atoms with Crippen molar-refractivity contribution in [2.45, 2.75) is 46.2 Å². The first kappa shape index (κ1) is 18.3. The molecule has 0 bridgehead atoms. The Labute approximate surface area is 145 Å². The summed E-state index contributed by atoms with van der Waals surface area (Å²) in [5.41, 5.74) is 3.38. The molecule has 0 fully saturated rings. The summed E-state index contributed by atoms with van der Waals surface area (Å²) in [6.45, 7) is 7.79. The van der Waals surface area contributed by atoms with Crippen LogP contribution in [0.1, 0.15) is 49.6 Å². The number of hydrogen-bond donors (Lipinski definition) is 1. The number of nitrogens with zero attached hydrogens (tertiary/aromatic N) is 1. The molecule has 24 heavy (non-hydrogen) atoms. The van der Waals surface area contributed by atoms with Gasteiger partial charge in [-0.1, -0.05) is 31.5 Å². The maximum absolute atomic E-state index is 5.98. The number of rotatable bonds is 9. The lowest BCUT2D eigenvalue weighted by Crippen LogP contribution is -2.20. The van der Waals surface area contributed by atoms with Crippen LogP contribution in [0.4, 0.5) is 0 Å². The quantitative estimate of drug-likeness (QED) is 0.692. The highest BCUT2D eigenvalue weighted by atomic mass is 16.5. The van der Waals surface area contributed by atoms with Gasteiger partial charge in [0.15, 0.2) is 11.5 Å². The van der Waals surface area contributed by atoms with Gasteiger partial charge in [-0.15, -0.1) is 0 Å². The van der Waals surface area contributed by atoms with E-state index >= 15 is 0 Å². The number of methoxy groups -OCH3 is 1. The number of aryl methyl sites for hydroxylation is 1. The summed E-state index contributed by atoms with van der Waals surface area (Å²) in [4.78, 5) is 4.49. The summed E-state index contributed by atoms with van der Waals surface area (Å²) in [5, 5.41) is 3.54. The Morgan fingerprint density at radius 3 is 2.75 bits per heavy atom. The van der Waals surface area contributed by atoms with E-state index in [9.17, 15) is 0 Å². The summed E-state index contributed by atoms with van der Waals surface area (Å²) >= 11 is 0. The highest BCUT2D eigenvalue weighted by Gasteiger charge is 2.13. The standard InChI is InChI=1S/C20H28N2O2/c1-5-6-13-24-20-17(10-7-11-18(20)23-4)14-22-16(3)19-15(2)9-8-12-21-19/h7-12,16,22H,5-6,13-14H2,1-4H3. The zero-order chi connectivity index (χ0) is 17.4. The summed E-state index contributed by atoms with van der Waals surface area (Å²) in [6.07, 6.45) is 3.98. The van der Waals surface area contributed by atoms with Crippen molar-refractivity contribution in [2.75, 3.05) is 13.7 Å². The topological polar surface area (TPSA) is 43.4 Å². The summed E-state index contributed by atoms with van der Waals surface area (Å²) in [7, 11) is 1.68. The van der Waals surface area contributed by atoms with E-state index in [-0.39, 0.29) is 6.04 Å². The van der Waals surface area contributed by atoms with Crippen molar-refractivity contribution < 1.29 is 9.47 Å². The van der Waals surface area contributed by atoms with Crippen molar-refractivity contribution in [2.24, 2.45) is 0 Å². The second-order valence-electron chi connectivity index (χ2n) is 5.96. The predicted octanol–water partition coefficient (Wildman–Crippen LogP) is 4.43. The molecule has 0 amide bonds. The summed E-state index contributed by atoms with van der Waals surface area (Å²) < 4.78 is 11.4. The molecule has 0 aliphatic carbocycles. The Balaban J connectivity index is 2.09. The van der Waals surface area contributed by atoms with Crippen molar-refractivity contribution in [3.05, 3.63) is 53.3 Å². The second-order valence-corrected chi connectivity index (χ2v) is 5.96. The van der Waals surface area contributed by atoms with Gasteiger partial charge in [-0.3, -0.25) is 4.98 Å². The molecule has 1 atom stereocenters. The molecular formula is C20H28N2O2. The van der Waals surface area contributed by atoms with Gasteiger partial charge in [0.1, 0.15) is 0 Å². The fraction of sp³-hybridized carbons (Fsp3) is 0.450. The normalized spacial score (nSPS) is 12.0. The van der Waals surface area contributed by atoms with Gasteiger partial charge in [0.25, 0.3) is 0 Å². The third kappa shape index (κ3) is 4.71. The van der Waals surface area contributed by atoms with Gasteiger partial charge < -0.3 is 14.8 Å². The summed E-state index contributed by atoms with van der Waals surface area (Å²) in [6, 6.07) is 10.2. The van der Waals surface area contributed by atoms with Gasteiger partial charge in [-0.25, -0.2) is 0 Å². The van der Waals surface area contributed by atoms with E-state index in [1.165, 1.54) is 5.56 Å². The van der Waals surface area contributed by atoms with E-state index in [1.807, 2.05) is 24.4 Å². The average Bonchev–Trinajstić information content (AvgIpc) is 2.60. The number of benzene rings is 1. The zero-order valence-corrected chi connectivity index (χ0v) is 15.1.